The molecule has 1 aliphatic heterocycles. The SMILES string of the molecule is CN(CC(=O)O)C1CCN(Cc2ccccc2Br)C1. The molecule has 0 saturated carbocycles. The van der Waals surface area contributed by atoms with Crippen LogP contribution in [0.15, 0.2) is 28.7 Å². The van der Waals surface area contributed by atoms with Crippen LogP contribution in [0, 0.1) is 0 Å². The predicted molar refractivity (Wildman–Crippen MR) is 78.1 cm³/mol. The van der Waals surface area contributed by atoms with Crippen LogP contribution in [0.4, 0.5) is 0 Å². The summed E-state index contributed by atoms with van der Waals surface area (Å²) >= 11 is 3.57. The molecule has 104 valence electrons. The molecule has 4 nitrogen and oxygen atoms in total. The van der Waals surface area contributed by atoms with E-state index in [9.17, 15) is 4.79 Å². The second-order valence-electron chi connectivity index (χ2n) is 5.08. The molecule has 0 radical (unpaired) electrons. The summed E-state index contributed by atoms with van der Waals surface area (Å²) in [6.45, 7) is 2.99. The van der Waals surface area contributed by atoms with Gasteiger partial charge in [0.05, 0.1) is 6.54 Å². The van der Waals surface area contributed by atoms with Crippen LogP contribution in [0.2, 0.25) is 0 Å². The Labute approximate surface area is 122 Å². The molecule has 19 heavy (non-hydrogen) atoms. The third-order valence-electron chi connectivity index (χ3n) is 3.61. The number of benzene rings is 1. The molecule has 1 aromatic carbocycles. The van der Waals surface area contributed by atoms with Crippen LogP contribution < -0.4 is 0 Å². The lowest BCUT2D eigenvalue weighted by Crippen LogP contribution is -2.37. The summed E-state index contributed by atoms with van der Waals surface area (Å²) in [6, 6.07) is 8.59. The van der Waals surface area contributed by atoms with Crippen LogP contribution in [-0.4, -0.2) is 53.6 Å². The second-order valence-corrected chi connectivity index (χ2v) is 5.93. The first-order valence-electron chi connectivity index (χ1n) is 6.44. The molecule has 0 bridgehead atoms. The van der Waals surface area contributed by atoms with E-state index in [-0.39, 0.29) is 6.54 Å². The van der Waals surface area contributed by atoms with Gasteiger partial charge in [-0.25, -0.2) is 0 Å². The number of aliphatic carboxylic acids is 1. The Morgan fingerprint density at radius 1 is 1.53 bits per heavy atom. The summed E-state index contributed by atoms with van der Waals surface area (Å²) in [5.41, 5.74) is 1.28. The van der Waals surface area contributed by atoms with Gasteiger partial charge >= 0.3 is 5.97 Å². The van der Waals surface area contributed by atoms with Crippen molar-refractivity contribution in [2.45, 2.75) is 19.0 Å². The maximum Gasteiger partial charge on any atom is 0.317 e. The largest absolute Gasteiger partial charge is 0.480 e. The number of hydrogen-bond acceptors (Lipinski definition) is 3. The molecule has 1 aromatic rings. The monoisotopic (exact) mass is 326 g/mol. The van der Waals surface area contributed by atoms with Crippen molar-refractivity contribution < 1.29 is 9.90 Å². The molecule has 1 saturated heterocycles. The van der Waals surface area contributed by atoms with Crippen LogP contribution in [-0.2, 0) is 11.3 Å². The Morgan fingerprint density at radius 3 is 2.95 bits per heavy atom. The van der Waals surface area contributed by atoms with Crippen molar-refractivity contribution in [2.24, 2.45) is 0 Å². The molecule has 1 unspecified atom stereocenters. The van der Waals surface area contributed by atoms with Crippen molar-refractivity contribution in [1.82, 2.24) is 9.80 Å². The van der Waals surface area contributed by atoms with Gasteiger partial charge in [-0.2, -0.15) is 0 Å². The first-order chi connectivity index (χ1) is 9.06. The van der Waals surface area contributed by atoms with Crippen molar-refractivity contribution >= 4 is 21.9 Å². The number of halogens is 1. The van der Waals surface area contributed by atoms with E-state index in [2.05, 4.69) is 33.0 Å². The van der Waals surface area contributed by atoms with Crippen LogP contribution in [0.5, 0.6) is 0 Å². The highest BCUT2D eigenvalue weighted by molar-refractivity contribution is 9.10. The summed E-state index contributed by atoms with van der Waals surface area (Å²) in [4.78, 5) is 15.0. The number of likely N-dealkylation sites (tertiary alicyclic amines) is 1. The van der Waals surface area contributed by atoms with Gasteiger partial charge in [-0.1, -0.05) is 34.1 Å². The Hall–Kier alpha value is -0.910. The summed E-state index contributed by atoms with van der Waals surface area (Å²) in [7, 11) is 1.89. The molecule has 2 rings (SSSR count). The number of carbonyl (C=O) groups is 1. The fourth-order valence-electron chi connectivity index (χ4n) is 2.53. The molecule has 1 fully saturated rings. The molecule has 0 amide bonds. The highest BCUT2D eigenvalue weighted by Gasteiger charge is 2.26. The van der Waals surface area contributed by atoms with E-state index in [1.807, 2.05) is 24.1 Å². The maximum absolute atomic E-state index is 10.7. The van der Waals surface area contributed by atoms with E-state index in [1.165, 1.54) is 5.56 Å². The van der Waals surface area contributed by atoms with E-state index in [0.717, 1.165) is 30.5 Å². The third-order valence-corrected chi connectivity index (χ3v) is 4.38. The van der Waals surface area contributed by atoms with E-state index in [0.29, 0.717) is 6.04 Å². The van der Waals surface area contributed by atoms with Gasteiger partial charge in [0, 0.05) is 30.1 Å². The van der Waals surface area contributed by atoms with Gasteiger partial charge in [-0.15, -0.1) is 0 Å². The molecule has 0 spiro atoms. The highest BCUT2D eigenvalue weighted by atomic mass is 79.9. The molecule has 0 aliphatic carbocycles. The van der Waals surface area contributed by atoms with Gasteiger partial charge < -0.3 is 5.11 Å². The molecular weight excluding hydrogens is 308 g/mol. The fourth-order valence-corrected chi connectivity index (χ4v) is 2.94. The van der Waals surface area contributed by atoms with Crippen molar-refractivity contribution in [1.29, 1.82) is 0 Å². The summed E-state index contributed by atoms with van der Waals surface area (Å²) in [6.07, 6.45) is 1.04. The number of rotatable bonds is 5. The standard InChI is InChI=1S/C14H19BrN2O2/c1-16(10-14(18)19)12-6-7-17(9-12)8-11-4-2-3-5-13(11)15/h2-5,12H,6-10H2,1H3,(H,18,19). The quantitative estimate of drug-likeness (QED) is 0.899. The van der Waals surface area contributed by atoms with Gasteiger partial charge in [-0.05, 0) is 25.1 Å². The number of carboxylic acid groups (broad SMARTS) is 1. The predicted octanol–water partition coefficient (Wildman–Crippen LogP) is 2.04. The van der Waals surface area contributed by atoms with E-state index in [1.54, 1.807) is 0 Å². The number of likely N-dealkylation sites (N-methyl/N-ethyl adjacent to an activating group) is 1. The van der Waals surface area contributed by atoms with Crippen molar-refractivity contribution in [2.75, 3.05) is 26.7 Å². The van der Waals surface area contributed by atoms with Gasteiger partial charge in [0.1, 0.15) is 0 Å². The molecule has 1 N–H and O–H groups in total. The van der Waals surface area contributed by atoms with Gasteiger partial charge in [0.2, 0.25) is 0 Å². The molecule has 1 heterocycles. The van der Waals surface area contributed by atoms with Crippen molar-refractivity contribution in [3.05, 3.63) is 34.3 Å². The van der Waals surface area contributed by atoms with Gasteiger partial charge in [0.15, 0.2) is 0 Å². The molecule has 1 aliphatic rings. The summed E-state index contributed by atoms with van der Waals surface area (Å²) in [5, 5.41) is 8.82. The average Bonchev–Trinajstić information content (AvgIpc) is 2.80. The zero-order valence-electron chi connectivity index (χ0n) is 11.1. The Morgan fingerprint density at radius 2 is 2.26 bits per heavy atom. The van der Waals surface area contributed by atoms with E-state index < -0.39 is 5.97 Å². The lowest BCUT2D eigenvalue weighted by molar-refractivity contribution is -0.138. The minimum absolute atomic E-state index is 0.119. The second kappa shape index (κ2) is 6.50. The van der Waals surface area contributed by atoms with Crippen molar-refractivity contribution in [3.8, 4) is 0 Å². The van der Waals surface area contributed by atoms with Gasteiger partial charge in [-0.3, -0.25) is 14.6 Å². The molecule has 1 atom stereocenters. The van der Waals surface area contributed by atoms with E-state index >= 15 is 0 Å². The number of hydrogen-bond donors (Lipinski definition) is 1. The normalized spacial score (nSPS) is 20.1. The maximum atomic E-state index is 10.7. The van der Waals surface area contributed by atoms with Crippen LogP contribution >= 0.6 is 15.9 Å². The lowest BCUT2D eigenvalue weighted by Gasteiger charge is -2.23. The average molecular weight is 327 g/mol. The smallest absolute Gasteiger partial charge is 0.317 e. The lowest BCUT2D eigenvalue weighted by atomic mass is 10.2. The zero-order valence-corrected chi connectivity index (χ0v) is 12.6. The van der Waals surface area contributed by atoms with E-state index in [4.69, 9.17) is 5.11 Å². The third kappa shape index (κ3) is 4.03. The minimum atomic E-state index is -0.758. The Kier molecular flexibility index (Phi) is 4.96. The molecule has 0 aromatic heterocycles. The van der Waals surface area contributed by atoms with Crippen LogP contribution in [0.3, 0.4) is 0 Å². The number of nitrogens with zero attached hydrogens (tertiary/aromatic N) is 2. The molecular formula is C14H19BrN2O2. The first kappa shape index (κ1) is 14.5. The van der Waals surface area contributed by atoms with Crippen molar-refractivity contribution in [3.63, 3.8) is 0 Å². The Balaban J connectivity index is 1.89. The summed E-state index contributed by atoms with van der Waals surface area (Å²) < 4.78 is 1.14. The topological polar surface area (TPSA) is 43.8 Å². The first-order valence-corrected chi connectivity index (χ1v) is 7.23. The van der Waals surface area contributed by atoms with Gasteiger partial charge in [0.25, 0.3) is 0 Å². The summed E-state index contributed by atoms with van der Waals surface area (Å²) in [5.74, 6) is -0.758. The fraction of sp³-hybridized carbons (Fsp3) is 0.500. The number of carboxylic acids is 1. The molecule has 5 heteroatoms. The minimum Gasteiger partial charge on any atom is -0.480 e. The van der Waals surface area contributed by atoms with Crippen LogP contribution in [0.1, 0.15) is 12.0 Å². The zero-order chi connectivity index (χ0) is 13.8. The van der Waals surface area contributed by atoms with Crippen LogP contribution in [0.25, 0.3) is 0 Å². The highest BCUT2D eigenvalue weighted by Crippen LogP contribution is 2.21. The Bertz CT molecular complexity index is 453.